The summed E-state index contributed by atoms with van der Waals surface area (Å²) in [4.78, 5) is 2.03. The molecule has 0 aliphatic carbocycles. The van der Waals surface area contributed by atoms with Crippen LogP contribution in [-0.2, 0) is 6.54 Å². The van der Waals surface area contributed by atoms with E-state index in [9.17, 15) is 0 Å². The van der Waals surface area contributed by atoms with E-state index < -0.39 is 0 Å². The largest absolute Gasteiger partial charge is 0.497 e. The summed E-state index contributed by atoms with van der Waals surface area (Å²) >= 11 is 0. The lowest BCUT2D eigenvalue weighted by Crippen LogP contribution is -2.20. The quantitative estimate of drug-likeness (QED) is 0.693. The zero-order valence-corrected chi connectivity index (χ0v) is 13.9. The van der Waals surface area contributed by atoms with Crippen LogP contribution in [0, 0.1) is 0 Å². The van der Waals surface area contributed by atoms with Gasteiger partial charge in [0, 0.05) is 13.1 Å². The highest BCUT2D eigenvalue weighted by molar-refractivity contribution is 5.60. The van der Waals surface area contributed by atoms with E-state index in [1.807, 2.05) is 60.5 Å². The first-order valence-electron chi connectivity index (χ1n) is 7.48. The number of hydrogen-bond donors (Lipinski definition) is 0. The average molecular weight is 325 g/mol. The third kappa shape index (κ3) is 3.15. The minimum Gasteiger partial charge on any atom is -0.497 e. The lowest BCUT2D eigenvalue weighted by atomic mass is 10.2. The molecule has 0 amide bonds. The Labute approximate surface area is 140 Å². The maximum Gasteiger partial charge on any atom is 0.175 e. The normalized spacial score (nSPS) is 10.5. The number of anilines is 1. The number of methoxy groups -OCH3 is 2. The van der Waals surface area contributed by atoms with Gasteiger partial charge in [-0.2, -0.15) is 4.68 Å². The predicted octanol–water partition coefficient (Wildman–Crippen LogP) is 2.32. The van der Waals surface area contributed by atoms with Crippen molar-refractivity contribution in [3.8, 4) is 17.2 Å². The molecule has 0 atom stereocenters. The smallest absolute Gasteiger partial charge is 0.175 e. The number of hydrogen-bond acceptors (Lipinski definition) is 6. The first-order chi connectivity index (χ1) is 11.7. The van der Waals surface area contributed by atoms with Gasteiger partial charge in [-0.15, -0.1) is 5.10 Å². The van der Waals surface area contributed by atoms with Gasteiger partial charge in [-0.05, 0) is 34.7 Å². The summed E-state index contributed by atoms with van der Waals surface area (Å²) < 4.78 is 12.4. The highest BCUT2D eigenvalue weighted by atomic mass is 16.5. The summed E-state index contributed by atoms with van der Waals surface area (Å²) in [7, 11) is 5.24. The third-order valence-electron chi connectivity index (χ3n) is 3.71. The van der Waals surface area contributed by atoms with E-state index in [2.05, 4.69) is 15.5 Å². The SMILES string of the molecule is COc1ccc(N(C)Cc2nnnn2-c2ccccc2)c(OC)c1. The molecule has 0 radical (unpaired) electrons. The van der Waals surface area contributed by atoms with Crippen LogP contribution in [0.4, 0.5) is 5.69 Å². The number of rotatable bonds is 6. The van der Waals surface area contributed by atoms with Gasteiger partial charge in [0.05, 0.1) is 32.1 Å². The second-order valence-corrected chi connectivity index (χ2v) is 5.24. The van der Waals surface area contributed by atoms with Crippen molar-refractivity contribution in [2.75, 3.05) is 26.2 Å². The van der Waals surface area contributed by atoms with Gasteiger partial charge in [0.2, 0.25) is 0 Å². The van der Waals surface area contributed by atoms with E-state index >= 15 is 0 Å². The fourth-order valence-corrected chi connectivity index (χ4v) is 2.47. The first-order valence-corrected chi connectivity index (χ1v) is 7.48. The molecule has 1 aromatic heterocycles. The number of ether oxygens (including phenoxy) is 2. The summed E-state index contributed by atoms with van der Waals surface area (Å²) in [6.07, 6.45) is 0. The van der Waals surface area contributed by atoms with Gasteiger partial charge in [0.15, 0.2) is 5.82 Å². The third-order valence-corrected chi connectivity index (χ3v) is 3.71. The van der Waals surface area contributed by atoms with Gasteiger partial charge < -0.3 is 14.4 Å². The number of para-hydroxylation sites is 1. The number of benzene rings is 2. The highest BCUT2D eigenvalue weighted by Crippen LogP contribution is 2.32. The molecule has 124 valence electrons. The Morgan fingerprint density at radius 1 is 1.04 bits per heavy atom. The van der Waals surface area contributed by atoms with Crippen LogP contribution in [0.2, 0.25) is 0 Å². The second-order valence-electron chi connectivity index (χ2n) is 5.24. The molecule has 0 aliphatic rings. The average Bonchev–Trinajstić information content (AvgIpc) is 3.09. The van der Waals surface area contributed by atoms with Crippen LogP contribution in [0.3, 0.4) is 0 Å². The molecule has 0 spiro atoms. The van der Waals surface area contributed by atoms with Gasteiger partial charge in [-0.25, -0.2) is 0 Å². The first kappa shape index (κ1) is 15.8. The Morgan fingerprint density at radius 2 is 1.83 bits per heavy atom. The molecule has 0 saturated heterocycles. The summed E-state index contributed by atoms with van der Waals surface area (Å²) in [5.41, 5.74) is 1.86. The maximum atomic E-state index is 5.46. The molecule has 2 aromatic carbocycles. The molecule has 0 saturated carbocycles. The van der Waals surface area contributed by atoms with Gasteiger partial charge in [-0.3, -0.25) is 0 Å². The van der Waals surface area contributed by atoms with E-state index in [4.69, 9.17) is 9.47 Å². The Morgan fingerprint density at radius 3 is 2.54 bits per heavy atom. The van der Waals surface area contributed by atoms with Crippen molar-refractivity contribution >= 4 is 5.69 Å². The molecule has 0 fully saturated rings. The van der Waals surface area contributed by atoms with Crippen LogP contribution in [-0.4, -0.2) is 41.5 Å². The minimum atomic E-state index is 0.532. The van der Waals surface area contributed by atoms with E-state index in [-0.39, 0.29) is 0 Å². The molecular formula is C17H19N5O2. The molecular weight excluding hydrogens is 306 g/mol. The highest BCUT2D eigenvalue weighted by Gasteiger charge is 2.14. The fraction of sp³-hybridized carbons (Fsp3) is 0.235. The lowest BCUT2D eigenvalue weighted by molar-refractivity contribution is 0.394. The topological polar surface area (TPSA) is 65.3 Å². The standard InChI is InChI=1S/C17H19N5O2/c1-21(15-10-9-14(23-2)11-16(15)24-3)12-17-18-19-20-22(17)13-7-5-4-6-8-13/h4-11H,12H2,1-3H3. The zero-order chi connectivity index (χ0) is 16.9. The van der Waals surface area contributed by atoms with E-state index in [0.29, 0.717) is 6.54 Å². The van der Waals surface area contributed by atoms with E-state index in [0.717, 1.165) is 28.7 Å². The summed E-state index contributed by atoms with van der Waals surface area (Å²) in [6, 6.07) is 15.5. The van der Waals surface area contributed by atoms with Crippen molar-refractivity contribution in [3.63, 3.8) is 0 Å². The van der Waals surface area contributed by atoms with Crippen LogP contribution in [0.5, 0.6) is 11.5 Å². The molecule has 0 bridgehead atoms. The van der Waals surface area contributed by atoms with E-state index in [1.165, 1.54) is 0 Å². The fourth-order valence-electron chi connectivity index (χ4n) is 2.47. The van der Waals surface area contributed by atoms with Crippen LogP contribution < -0.4 is 14.4 Å². The molecule has 24 heavy (non-hydrogen) atoms. The second kappa shape index (κ2) is 6.99. The van der Waals surface area contributed by atoms with Crippen LogP contribution in [0.15, 0.2) is 48.5 Å². The summed E-state index contributed by atoms with van der Waals surface area (Å²) in [5.74, 6) is 2.22. The molecule has 0 aliphatic heterocycles. The van der Waals surface area contributed by atoms with Crippen LogP contribution in [0.25, 0.3) is 5.69 Å². The van der Waals surface area contributed by atoms with Gasteiger partial charge in [0.25, 0.3) is 0 Å². The zero-order valence-electron chi connectivity index (χ0n) is 13.9. The van der Waals surface area contributed by atoms with Crippen molar-refractivity contribution < 1.29 is 9.47 Å². The van der Waals surface area contributed by atoms with Crippen molar-refractivity contribution in [2.45, 2.75) is 6.54 Å². The monoisotopic (exact) mass is 325 g/mol. The molecule has 7 heteroatoms. The number of nitrogens with zero attached hydrogens (tertiary/aromatic N) is 5. The summed E-state index contributed by atoms with van der Waals surface area (Å²) in [6.45, 7) is 0.532. The van der Waals surface area contributed by atoms with Crippen molar-refractivity contribution in [1.29, 1.82) is 0 Å². The van der Waals surface area contributed by atoms with Gasteiger partial charge in [0.1, 0.15) is 11.5 Å². The lowest BCUT2D eigenvalue weighted by Gasteiger charge is -2.21. The Kier molecular flexibility index (Phi) is 4.60. The Balaban J connectivity index is 1.86. The Hall–Kier alpha value is -3.09. The van der Waals surface area contributed by atoms with Gasteiger partial charge in [-0.1, -0.05) is 18.2 Å². The van der Waals surface area contributed by atoms with Crippen molar-refractivity contribution in [2.24, 2.45) is 0 Å². The van der Waals surface area contributed by atoms with Crippen molar-refractivity contribution in [3.05, 3.63) is 54.4 Å². The van der Waals surface area contributed by atoms with Crippen LogP contribution in [0.1, 0.15) is 5.82 Å². The molecule has 0 N–H and O–H groups in total. The summed E-state index contributed by atoms with van der Waals surface area (Å²) in [5, 5.41) is 12.0. The predicted molar refractivity (Wildman–Crippen MR) is 90.8 cm³/mol. The van der Waals surface area contributed by atoms with Crippen LogP contribution >= 0.6 is 0 Å². The maximum absolute atomic E-state index is 5.46. The van der Waals surface area contributed by atoms with Crippen molar-refractivity contribution in [1.82, 2.24) is 20.2 Å². The Bertz CT molecular complexity index is 804. The molecule has 3 rings (SSSR count). The van der Waals surface area contributed by atoms with E-state index in [1.54, 1.807) is 18.9 Å². The molecule has 7 nitrogen and oxygen atoms in total. The molecule has 0 unspecified atom stereocenters. The number of aromatic nitrogens is 4. The molecule has 3 aromatic rings. The minimum absolute atomic E-state index is 0.532. The molecule has 1 heterocycles. The van der Waals surface area contributed by atoms with Gasteiger partial charge >= 0.3 is 0 Å². The number of tetrazole rings is 1.